The molecule has 0 aliphatic carbocycles. The zero-order valence-corrected chi connectivity index (χ0v) is 14.0. The lowest BCUT2D eigenvalue weighted by Gasteiger charge is -2.05. The van der Waals surface area contributed by atoms with E-state index in [9.17, 15) is 4.79 Å². The number of hydrogen-bond donors (Lipinski definition) is 1. The molecule has 2 aromatic carbocycles. The van der Waals surface area contributed by atoms with Gasteiger partial charge in [-0.05, 0) is 52.9 Å². The Morgan fingerprint density at radius 1 is 1.29 bits per heavy atom. The number of carbonyl (C=O) groups is 1. The van der Waals surface area contributed by atoms with Gasteiger partial charge in [0.15, 0.2) is 5.78 Å². The minimum Gasteiger partial charge on any atom is -0.496 e. The van der Waals surface area contributed by atoms with Crippen LogP contribution in [-0.4, -0.2) is 17.9 Å². The summed E-state index contributed by atoms with van der Waals surface area (Å²) in [4.78, 5) is 15.8. The van der Waals surface area contributed by atoms with Crippen LogP contribution < -0.4 is 4.74 Å². The summed E-state index contributed by atoms with van der Waals surface area (Å²) in [5.74, 6) is 0.595. The van der Waals surface area contributed by atoms with Crippen molar-refractivity contribution in [2.75, 3.05) is 7.11 Å². The number of methoxy groups -OCH3 is 1. The molecule has 1 aromatic heterocycles. The van der Waals surface area contributed by atoms with Crippen LogP contribution in [0.4, 0.5) is 0 Å². The number of hydrogen-bond acceptors (Lipinski definition) is 2. The molecule has 0 aliphatic rings. The number of H-pyrrole nitrogens is 1. The fraction of sp³-hybridized carbons (Fsp3) is 0.0625. The Hall–Kier alpha value is -1.53. The van der Waals surface area contributed by atoms with Crippen LogP contribution in [0.2, 0.25) is 5.02 Å². The molecule has 0 saturated heterocycles. The number of halogens is 2. The summed E-state index contributed by atoms with van der Waals surface area (Å²) >= 11 is 8.24. The van der Waals surface area contributed by atoms with Crippen molar-refractivity contribution >= 4 is 50.9 Å². The number of ketones is 1. The van der Waals surface area contributed by atoms with Gasteiger partial charge in [-0.1, -0.05) is 17.7 Å². The van der Waals surface area contributed by atoms with E-state index >= 15 is 0 Å². The van der Waals surface area contributed by atoms with Crippen molar-refractivity contribution in [2.24, 2.45) is 0 Å². The van der Waals surface area contributed by atoms with E-state index in [0.717, 1.165) is 14.5 Å². The van der Waals surface area contributed by atoms with Gasteiger partial charge in [-0.2, -0.15) is 0 Å². The van der Waals surface area contributed by atoms with Crippen LogP contribution in [0.5, 0.6) is 5.75 Å². The monoisotopic (exact) mass is 411 g/mol. The Morgan fingerprint density at radius 2 is 2.10 bits per heavy atom. The minimum absolute atomic E-state index is 0.0796. The maximum atomic E-state index is 12.7. The van der Waals surface area contributed by atoms with E-state index < -0.39 is 0 Å². The lowest BCUT2D eigenvalue weighted by molar-refractivity contribution is 0.104. The van der Waals surface area contributed by atoms with Crippen LogP contribution in [0, 0.1) is 3.57 Å². The third-order valence-electron chi connectivity index (χ3n) is 3.31. The number of ether oxygens (including phenoxy) is 1. The summed E-state index contributed by atoms with van der Waals surface area (Å²) in [6.45, 7) is 0. The van der Waals surface area contributed by atoms with Gasteiger partial charge in [-0.25, -0.2) is 0 Å². The molecule has 3 aromatic rings. The minimum atomic E-state index is -0.0796. The Balaban J connectivity index is 2.15. The molecular formula is C16H11ClINO2. The molecule has 0 spiro atoms. The summed E-state index contributed by atoms with van der Waals surface area (Å²) in [5.41, 5.74) is 2.02. The van der Waals surface area contributed by atoms with Crippen molar-refractivity contribution in [3.63, 3.8) is 0 Å². The van der Waals surface area contributed by atoms with E-state index in [4.69, 9.17) is 16.3 Å². The van der Waals surface area contributed by atoms with Crippen LogP contribution in [0.1, 0.15) is 15.9 Å². The van der Waals surface area contributed by atoms with E-state index in [1.807, 2.05) is 24.3 Å². The fourth-order valence-corrected chi connectivity index (χ4v) is 2.81. The highest BCUT2D eigenvalue weighted by atomic mass is 127. The van der Waals surface area contributed by atoms with Gasteiger partial charge in [0.1, 0.15) is 5.75 Å². The molecule has 0 atom stereocenters. The predicted molar refractivity (Wildman–Crippen MR) is 92.5 cm³/mol. The number of rotatable bonds is 3. The van der Waals surface area contributed by atoms with Crippen molar-refractivity contribution in [2.45, 2.75) is 0 Å². The molecule has 0 bridgehead atoms. The average molecular weight is 412 g/mol. The molecule has 0 amide bonds. The average Bonchev–Trinajstić information content (AvgIpc) is 2.93. The molecule has 3 rings (SSSR count). The maximum absolute atomic E-state index is 12.7. The van der Waals surface area contributed by atoms with E-state index in [1.54, 1.807) is 25.4 Å². The standard InChI is InChI=1S/C16H11ClINO2/c1-21-14-4-2-3-13-15(14)10(8-19-13)16(20)9-5-6-12(18)11(17)7-9/h2-8,19H,1H3. The van der Waals surface area contributed by atoms with Crippen molar-refractivity contribution in [3.05, 3.63) is 62.3 Å². The molecule has 5 heteroatoms. The Kier molecular flexibility index (Phi) is 3.91. The van der Waals surface area contributed by atoms with Crippen LogP contribution in [0.3, 0.4) is 0 Å². The second kappa shape index (κ2) is 5.69. The first kappa shape index (κ1) is 14.4. The van der Waals surface area contributed by atoms with Gasteiger partial charge in [0.2, 0.25) is 0 Å². The second-order valence-corrected chi connectivity index (χ2v) is 6.11. The largest absolute Gasteiger partial charge is 0.496 e. The Bertz CT molecular complexity index is 841. The molecule has 21 heavy (non-hydrogen) atoms. The Labute approximate surface area is 140 Å². The highest BCUT2D eigenvalue weighted by Gasteiger charge is 2.17. The molecule has 1 N–H and O–H groups in total. The molecule has 106 valence electrons. The van der Waals surface area contributed by atoms with Gasteiger partial charge in [0.25, 0.3) is 0 Å². The molecule has 0 saturated carbocycles. The van der Waals surface area contributed by atoms with Gasteiger partial charge >= 0.3 is 0 Å². The van der Waals surface area contributed by atoms with Crippen LogP contribution in [-0.2, 0) is 0 Å². The summed E-state index contributed by atoms with van der Waals surface area (Å²) in [5, 5.41) is 1.37. The number of carbonyl (C=O) groups excluding carboxylic acids is 1. The van der Waals surface area contributed by atoms with Gasteiger partial charge in [-0.3, -0.25) is 4.79 Å². The normalized spacial score (nSPS) is 10.8. The van der Waals surface area contributed by atoms with Gasteiger partial charge in [-0.15, -0.1) is 0 Å². The van der Waals surface area contributed by atoms with Gasteiger partial charge in [0.05, 0.1) is 23.1 Å². The van der Waals surface area contributed by atoms with Gasteiger partial charge < -0.3 is 9.72 Å². The topological polar surface area (TPSA) is 42.1 Å². The zero-order chi connectivity index (χ0) is 15.0. The predicted octanol–water partition coefficient (Wildman–Crippen LogP) is 4.67. The third-order valence-corrected chi connectivity index (χ3v) is 4.89. The van der Waals surface area contributed by atoms with Gasteiger partial charge in [0, 0.05) is 20.8 Å². The number of aromatic amines is 1. The van der Waals surface area contributed by atoms with E-state index in [1.165, 1.54) is 0 Å². The highest BCUT2D eigenvalue weighted by Crippen LogP contribution is 2.30. The van der Waals surface area contributed by atoms with E-state index in [0.29, 0.717) is 21.9 Å². The number of fused-ring (bicyclic) bond motifs is 1. The second-order valence-electron chi connectivity index (χ2n) is 4.54. The molecule has 0 fully saturated rings. The number of aromatic nitrogens is 1. The summed E-state index contributed by atoms with van der Waals surface area (Å²) in [6, 6.07) is 10.9. The quantitative estimate of drug-likeness (QED) is 0.503. The maximum Gasteiger partial charge on any atom is 0.195 e. The molecular weight excluding hydrogens is 401 g/mol. The van der Waals surface area contributed by atoms with Crippen LogP contribution in [0.15, 0.2) is 42.6 Å². The third kappa shape index (κ3) is 2.53. The zero-order valence-electron chi connectivity index (χ0n) is 11.1. The van der Waals surface area contributed by atoms with E-state index in [-0.39, 0.29) is 5.78 Å². The lowest BCUT2D eigenvalue weighted by Crippen LogP contribution is -2.01. The first-order valence-electron chi connectivity index (χ1n) is 6.25. The summed E-state index contributed by atoms with van der Waals surface area (Å²) < 4.78 is 6.27. The SMILES string of the molecule is COc1cccc2[nH]cc(C(=O)c3ccc(I)c(Cl)c3)c12. The van der Waals surface area contributed by atoms with Crippen molar-refractivity contribution in [3.8, 4) is 5.75 Å². The summed E-state index contributed by atoms with van der Waals surface area (Å²) in [7, 11) is 1.60. The lowest BCUT2D eigenvalue weighted by atomic mass is 10.0. The van der Waals surface area contributed by atoms with Crippen LogP contribution >= 0.6 is 34.2 Å². The fourth-order valence-electron chi connectivity index (χ4n) is 2.29. The molecule has 0 unspecified atom stereocenters. The number of nitrogens with one attached hydrogen (secondary N) is 1. The number of benzene rings is 2. The van der Waals surface area contributed by atoms with Crippen molar-refractivity contribution in [1.82, 2.24) is 4.98 Å². The molecule has 0 radical (unpaired) electrons. The van der Waals surface area contributed by atoms with Crippen LogP contribution in [0.25, 0.3) is 10.9 Å². The summed E-state index contributed by atoms with van der Waals surface area (Å²) in [6.07, 6.45) is 1.71. The van der Waals surface area contributed by atoms with Crippen molar-refractivity contribution < 1.29 is 9.53 Å². The molecule has 3 nitrogen and oxygen atoms in total. The molecule has 1 heterocycles. The first-order chi connectivity index (χ1) is 10.1. The van der Waals surface area contributed by atoms with E-state index in [2.05, 4.69) is 27.6 Å². The smallest absolute Gasteiger partial charge is 0.195 e. The molecule has 0 aliphatic heterocycles. The highest BCUT2D eigenvalue weighted by molar-refractivity contribution is 14.1. The first-order valence-corrected chi connectivity index (χ1v) is 7.71. The van der Waals surface area contributed by atoms with Crippen molar-refractivity contribution in [1.29, 1.82) is 0 Å². The Morgan fingerprint density at radius 3 is 2.81 bits per heavy atom.